The van der Waals surface area contributed by atoms with Gasteiger partial charge in [-0.1, -0.05) is 23.7 Å². The Hall–Kier alpha value is -1.72. The molecular formula is C15H15BrClN3O. The summed E-state index contributed by atoms with van der Waals surface area (Å²) in [7, 11) is 0. The molecule has 0 aliphatic heterocycles. The molecule has 0 saturated carbocycles. The van der Waals surface area contributed by atoms with Gasteiger partial charge >= 0.3 is 6.03 Å². The van der Waals surface area contributed by atoms with Crippen molar-refractivity contribution in [3.05, 3.63) is 57.5 Å². The Bertz CT molecular complexity index is 646. The van der Waals surface area contributed by atoms with E-state index in [2.05, 4.69) is 33.5 Å². The number of anilines is 2. The van der Waals surface area contributed by atoms with Crippen molar-refractivity contribution in [3.8, 4) is 0 Å². The van der Waals surface area contributed by atoms with Gasteiger partial charge in [0.05, 0.1) is 0 Å². The minimum atomic E-state index is -0.570. The summed E-state index contributed by atoms with van der Waals surface area (Å²) in [5.74, 6) is 0. The first-order chi connectivity index (χ1) is 9.95. The van der Waals surface area contributed by atoms with Gasteiger partial charge in [-0.25, -0.2) is 4.79 Å². The van der Waals surface area contributed by atoms with Gasteiger partial charge < -0.3 is 16.4 Å². The highest BCUT2D eigenvalue weighted by molar-refractivity contribution is 9.10. The highest BCUT2D eigenvalue weighted by atomic mass is 79.9. The van der Waals surface area contributed by atoms with E-state index in [-0.39, 0.29) is 6.04 Å². The van der Waals surface area contributed by atoms with Crippen LogP contribution in [-0.4, -0.2) is 6.03 Å². The number of benzene rings is 2. The molecule has 0 radical (unpaired) electrons. The van der Waals surface area contributed by atoms with Gasteiger partial charge in [0, 0.05) is 26.9 Å². The van der Waals surface area contributed by atoms with Crippen LogP contribution in [-0.2, 0) is 0 Å². The molecule has 4 nitrogen and oxygen atoms in total. The van der Waals surface area contributed by atoms with Crippen LogP contribution in [0.3, 0.4) is 0 Å². The summed E-state index contributed by atoms with van der Waals surface area (Å²) >= 11 is 9.41. The first kappa shape index (κ1) is 15.7. The Morgan fingerprint density at radius 2 is 1.90 bits per heavy atom. The zero-order chi connectivity index (χ0) is 15.4. The molecule has 0 fully saturated rings. The molecule has 1 atom stereocenters. The van der Waals surface area contributed by atoms with Crippen molar-refractivity contribution >= 4 is 44.9 Å². The zero-order valence-electron chi connectivity index (χ0n) is 11.4. The van der Waals surface area contributed by atoms with Crippen molar-refractivity contribution in [2.45, 2.75) is 13.0 Å². The summed E-state index contributed by atoms with van der Waals surface area (Å²) in [4.78, 5) is 10.8. The topological polar surface area (TPSA) is 67.2 Å². The number of amides is 2. The molecule has 0 saturated heterocycles. The maximum Gasteiger partial charge on any atom is 0.316 e. The van der Waals surface area contributed by atoms with Crippen molar-refractivity contribution < 1.29 is 4.79 Å². The second-order valence-corrected chi connectivity index (χ2v) is 5.89. The fourth-order valence-corrected chi connectivity index (χ4v) is 2.72. The quantitative estimate of drug-likeness (QED) is 0.728. The predicted molar refractivity (Wildman–Crippen MR) is 90.8 cm³/mol. The standard InChI is InChI=1S/C15H15BrClN3O/c1-9(19-14-7-4-11(17)8-13(14)16)10-2-5-12(6-3-10)20-15(18)21/h2-9,19H,1H3,(H3,18,20,21). The molecule has 21 heavy (non-hydrogen) atoms. The third-order valence-electron chi connectivity index (χ3n) is 2.98. The smallest absolute Gasteiger partial charge is 0.316 e. The van der Waals surface area contributed by atoms with Gasteiger partial charge in [0.2, 0.25) is 0 Å². The minimum absolute atomic E-state index is 0.102. The molecular weight excluding hydrogens is 354 g/mol. The van der Waals surface area contributed by atoms with Gasteiger partial charge in [-0.2, -0.15) is 0 Å². The maximum atomic E-state index is 10.8. The number of hydrogen-bond donors (Lipinski definition) is 3. The molecule has 110 valence electrons. The molecule has 0 aliphatic rings. The van der Waals surface area contributed by atoms with Gasteiger partial charge in [-0.05, 0) is 58.7 Å². The predicted octanol–water partition coefficient (Wildman–Crippen LogP) is 4.77. The molecule has 0 bridgehead atoms. The normalized spacial score (nSPS) is 11.8. The summed E-state index contributed by atoms with van der Waals surface area (Å²) in [6.45, 7) is 2.05. The van der Waals surface area contributed by atoms with Crippen molar-refractivity contribution in [2.75, 3.05) is 10.6 Å². The number of halogens is 2. The van der Waals surface area contributed by atoms with Gasteiger partial charge in [0.1, 0.15) is 0 Å². The van der Waals surface area contributed by atoms with Crippen LogP contribution < -0.4 is 16.4 Å². The van der Waals surface area contributed by atoms with E-state index < -0.39 is 6.03 Å². The monoisotopic (exact) mass is 367 g/mol. The van der Waals surface area contributed by atoms with Crippen molar-refractivity contribution in [2.24, 2.45) is 5.73 Å². The molecule has 0 aromatic heterocycles. The van der Waals surface area contributed by atoms with Crippen LogP contribution in [0.2, 0.25) is 5.02 Å². The average molecular weight is 369 g/mol. The Morgan fingerprint density at radius 3 is 2.48 bits per heavy atom. The van der Waals surface area contributed by atoms with Gasteiger partial charge in [-0.3, -0.25) is 0 Å². The van der Waals surface area contributed by atoms with Gasteiger partial charge in [0.25, 0.3) is 0 Å². The number of carbonyl (C=O) groups excluding carboxylic acids is 1. The Balaban J connectivity index is 2.09. The lowest BCUT2D eigenvalue weighted by atomic mass is 10.1. The number of urea groups is 1. The average Bonchev–Trinajstić information content (AvgIpc) is 2.42. The molecule has 6 heteroatoms. The van der Waals surface area contributed by atoms with Gasteiger partial charge in [-0.15, -0.1) is 0 Å². The van der Waals surface area contributed by atoms with Crippen molar-refractivity contribution in [1.29, 1.82) is 0 Å². The summed E-state index contributed by atoms with van der Waals surface area (Å²) < 4.78 is 0.911. The maximum absolute atomic E-state index is 10.8. The van der Waals surface area contributed by atoms with Crippen LogP contribution in [0.1, 0.15) is 18.5 Å². The lowest BCUT2D eigenvalue weighted by Gasteiger charge is -2.17. The van der Waals surface area contributed by atoms with Crippen LogP contribution in [0.15, 0.2) is 46.9 Å². The van der Waals surface area contributed by atoms with Crippen LogP contribution in [0, 0.1) is 0 Å². The number of nitrogens with one attached hydrogen (secondary N) is 2. The number of rotatable bonds is 4. The lowest BCUT2D eigenvalue weighted by molar-refractivity contribution is 0.259. The number of hydrogen-bond acceptors (Lipinski definition) is 2. The van der Waals surface area contributed by atoms with Crippen LogP contribution >= 0.6 is 27.5 Å². The van der Waals surface area contributed by atoms with E-state index in [0.717, 1.165) is 15.7 Å². The number of primary amides is 1. The molecule has 2 aromatic carbocycles. The highest BCUT2D eigenvalue weighted by Crippen LogP contribution is 2.29. The third-order valence-corrected chi connectivity index (χ3v) is 3.87. The zero-order valence-corrected chi connectivity index (χ0v) is 13.7. The molecule has 2 rings (SSSR count). The van der Waals surface area contributed by atoms with Crippen LogP contribution in [0.5, 0.6) is 0 Å². The second kappa shape index (κ2) is 6.83. The molecule has 2 amide bonds. The summed E-state index contributed by atoms with van der Waals surface area (Å²) in [5.41, 5.74) is 7.80. The number of carbonyl (C=O) groups is 1. The lowest BCUT2D eigenvalue weighted by Crippen LogP contribution is -2.19. The third kappa shape index (κ3) is 4.37. The van der Waals surface area contributed by atoms with Crippen molar-refractivity contribution in [3.63, 3.8) is 0 Å². The SMILES string of the molecule is CC(Nc1ccc(Cl)cc1Br)c1ccc(NC(N)=O)cc1. The molecule has 4 N–H and O–H groups in total. The fraction of sp³-hybridized carbons (Fsp3) is 0.133. The second-order valence-electron chi connectivity index (χ2n) is 4.60. The summed E-state index contributed by atoms with van der Waals surface area (Å²) in [6.07, 6.45) is 0. The minimum Gasteiger partial charge on any atom is -0.378 e. The number of nitrogens with two attached hydrogens (primary N) is 1. The summed E-state index contributed by atoms with van der Waals surface area (Å²) in [5, 5.41) is 6.61. The molecule has 0 spiro atoms. The van der Waals surface area contributed by atoms with Crippen LogP contribution in [0.4, 0.5) is 16.2 Å². The molecule has 0 aliphatic carbocycles. The first-order valence-corrected chi connectivity index (χ1v) is 7.51. The molecule has 1 unspecified atom stereocenters. The Kier molecular flexibility index (Phi) is 5.09. The Labute approximate surface area is 136 Å². The highest BCUT2D eigenvalue weighted by Gasteiger charge is 2.08. The van der Waals surface area contributed by atoms with Crippen molar-refractivity contribution in [1.82, 2.24) is 0 Å². The largest absolute Gasteiger partial charge is 0.378 e. The van der Waals surface area contributed by atoms with E-state index in [4.69, 9.17) is 17.3 Å². The van der Waals surface area contributed by atoms with Crippen LogP contribution in [0.25, 0.3) is 0 Å². The van der Waals surface area contributed by atoms with E-state index in [0.29, 0.717) is 10.7 Å². The van der Waals surface area contributed by atoms with E-state index >= 15 is 0 Å². The summed E-state index contributed by atoms with van der Waals surface area (Å²) in [6, 6.07) is 12.6. The van der Waals surface area contributed by atoms with E-state index in [1.54, 1.807) is 0 Å². The molecule has 0 heterocycles. The van der Waals surface area contributed by atoms with E-state index in [9.17, 15) is 4.79 Å². The molecule has 2 aromatic rings. The van der Waals surface area contributed by atoms with E-state index in [1.165, 1.54) is 0 Å². The fourth-order valence-electron chi connectivity index (χ4n) is 1.92. The Morgan fingerprint density at radius 1 is 1.24 bits per heavy atom. The van der Waals surface area contributed by atoms with E-state index in [1.807, 2.05) is 42.5 Å². The van der Waals surface area contributed by atoms with Gasteiger partial charge in [0.15, 0.2) is 0 Å². The first-order valence-electron chi connectivity index (χ1n) is 6.33.